The summed E-state index contributed by atoms with van der Waals surface area (Å²) >= 11 is 1.69. The van der Waals surface area contributed by atoms with Gasteiger partial charge in [0.2, 0.25) is 0 Å². The molecule has 1 atom stereocenters. The Kier molecular flexibility index (Phi) is 6.32. The maximum absolute atomic E-state index is 13.5. The van der Waals surface area contributed by atoms with E-state index in [1.54, 1.807) is 23.3 Å². The van der Waals surface area contributed by atoms with E-state index < -0.39 is 0 Å². The van der Waals surface area contributed by atoms with Gasteiger partial charge in [0.15, 0.2) is 0 Å². The first-order chi connectivity index (χ1) is 15.0. The molecule has 3 aromatic rings. The van der Waals surface area contributed by atoms with Crippen molar-refractivity contribution < 1.29 is 19.1 Å². The quantitative estimate of drug-likeness (QED) is 0.530. The minimum atomic E-state index is -0.244. The predicted octanol–water partition coefficient (Wildman–Crippen LogP) is 4.48. The van der Waals surface area contributed by atoms with Crippen molar-refractivity contribution in [2.45, 2.75) is 33.2 Å². The third-order valence-corrected chi connectivity index (χ3v) is 6.75. The van der Waals surface area contributed by atoms with Gasteiger partial charge in [0.25, 0.3) is 5.91 Å². The van der Waals surface area contributed by atoms with Crippen LogP contribution in [0.2, 0.25) is 0 Å². The second kappa shape index (κ2) is 9.14. The Hall–Kier alpha value is -2.80. The largest absolute Gasteiger partial charge is 0.497 e. The molecule has 1 aliphatic rings. The zero-order valence-corrected chi connectivity index (χ0v) is 19.0. The van der Waals surface area contributed by atoms with Crippen molar-refractivity contribution in [3.05, 3.63) is 52.5 Å². The predicted molar refractivity (Wildman–Crippen MR) is 122 cm³/mol. The molecule has 1 amide bonds. The van der Waals surface area contributed by atoms with Crippen molar-refractivity contribution in [1.29, 1.82) is 0 Å². The molecule has 2 aromatic heterocycles. The summed E-state index contributed by atoms with van der Waals surface area (Å²) in [6.45, 7) is 5.93. The first-order valence-corrected chi connectivity index (χ1v) is 11.5. The van der Waals surface area contributed by atoms with Crippen LogP contribution in [-0.4, -0.2) is 48.1 Å². The molecule has 3 heterocycles. The molecule has 1 aromatic carbocycles. The van der Waals surface area contributed by atoms with Crippen LogP contribution in [0.4, 0.5) is 0 Å². The fraction of sp³-hybridized carbons (Fsp3) is 0.417. The van der Waals surface area contributed by atoms with Gasteiger partial charge in [0.1, 0.15) is 11.4 Å². The van der Waals surface area contributed by atoms with Crippen molar-refractivity contribution in [1.82, 2.24) is 9.47 Å². The van der Waals surface area contributed by atoms with Crippen LogP contribution in [0.3, 0.4) is 0 Å². The first-order valence-electron chi connectivity index (χ1n) is 10.7. The number of likely N-dealkylation sites (tertiary alicyclic amines) is 1. The van der Waals surface area contributed by atoms with Gasteiger partial charge < -0.3 is 18.9 Å². The Labute approximate surface area is 186 Å². The molecule has 0 aliphatic carbocycles. The Morgan fingerprint density at radius 2 is 1.97 bits per heavy atom. The highest BCUT2D eigenvalue weighted by molar-refractivity contribution is 7.19. The molecule has 0 bridgehead atoms. The Balaban J connectivity index is 1.63. The van der Waals surface area contributed by atoms with Crippen molar-refractivity contribution in [2.75, 3.05) is 26.8 Å². The summed E-state index contributed by atoms with van der Waals surface area (Å²) in [5, 5.41) is 0. The fourth-order valence-corrected chi connectivity index (χ4v) is 5.16. The smallest absolute Gasteiger partial charge is 0.310 e. The molecule has 31 heavy (non-hydrogen) atoms. The number of piperidine rings is 1. The highest BCUT2D eigenvalue weighted by Crippen LogP contribution is 2.31. The van der Waals surface area contributed by atoms with E-state index in [0.717, 1.165) is 34.4 Å². The molecule has 4 rings (SSSR count). The van der Waals surface area contributed by atoms with Crippen molar-refractivity contribution in [2.24, 2.45) is 5.92 Å². The summed E-state index contributed by atoms with van der Waals surface area (Å²) in [6, 6.07) is 12.0. The monoisotopic (exact) mass is 440 g/mol. The SMILES string of the molecule is CCOC(=O)[C@@H]1CCCN(C(=O)c2cc3sc(C)cc3n2Cc2ccc(OC)cc2)C1. The van der Waals surface area contributed by atoms with Crippen LogP contribution in [0.1, 0.15) is 40.7 Å². The number of carbonyl (C=O) groups is 2. The number of fused-ring (bicyclic) bond motifs is 1. The number of ether oxygens (including phenoxy) is 2. The van der Waals surface area contributed by atoms with E-state index >= 15 is 0 Å². The average molecular weight is 441 g/mol. The van der Waals surface area contributed by atoms with Crippen LogP contribution in [0, 0.1) is 12.8 Å². The van der Waals surface area contributed by atoms with Gasteiger partial charge in [-0.05, 0) is 56.5 Å². The van der Waals surface area contributed by atoms with Crippen LogP contribution in [0.5, 0.6) is 5.75 Å². The van der Waals surface area contributed by atoms with E-state index in [2.05, 4.69) is 17.6 Å². The van der Waals surface area contributed by atoms with E-state index in [0.29, 0.717) is 31.9 Å². The topological polar surface area (TPSA) is 60.8 Å². The molecule has 0 spiro atoms. The van der Waals surface area contributed by atoms with Crippen molar-refractivity contribution in [3.63, 3.8) is 0 Å². The lowest BCUT2D eigenvalue weighted by Gasteiger charge is -2.31. The van der Waals surface area contributed by atoms with E-state index in [1.807, 2.05) is 37.3 Å². The summed E-state index contributed by atoms with van der Waals surface area (Å²) in [4.78, 5) is 28.8. The van der Waals surface area contributed by atoms with Gasteiger partial charge >= 0.3 is 5.97 Å². The first kappa shape index (κ1) is 21.4. The maximum atomic E-state index is 13.5. The Morgan fingerprint density at radius 3 is 2.68 bits per heavy atom. The number of aromatic nitrogens is 1. The highest BCUT2D eigenvalue weighted by Gasteiger charge is 2.31. The summed E-state index contributed by atoms with van der Waals surface area (Å²) in [5.74, 6) is 0.335. The molecule has 7 heteroatoms. The molecule has 6 nitrogen and oxygen atoms in total. The van der Waals surface area contributed by atoms with E-state index in [9.17, 15) is 9.59 Å². The molecule has 1 aliphatic heterocycles. The number of methoxy groups -OCH3 is 1. The summed E-state index contributed by atoms with van der Waals surface area (Å²) in [7, 11) is 1.65. The number of thiophene rings is 1. The van der Waals surface area contributed by atoms with Crippen LogP contribution in [0.15, 0.2) is 36.4 Å². The second-order valence-corrected chi connectivity index (χ2v) is 9.20. The normalized spacial score (nSPS) is 16.5. The molecule has 1 saturated heterocycles. The van der Waals surface area contributed by atoms with Crippen LogP contribution < -0.4 is 4.74 Å². The Morgan fingerprint density at radius 1 is 1.19 bits per heavy atom. The number of nitrogens with zero attached hydrogens (tertiary/aromatic N) is 2. The number of benzene rings is 1. The molecular formula is C24H28N2O4S. The van der Waals surface area contributed by atoms with Crippen molar-refractivity contribution >= 4 is 33.4 Å². The van der Waals surface area contributed by atoms with Gasteiger partial charge in [0, 0.05) is 24.5 Å². The van der Waals surface area contributed by atoms with E-state index in [-0.39, 0.29) is 17.8 Å². The zero-order chi connectivity index (χ0) is 22.0. The lowest BCUT2D eigenvalue weighted by molar-refractivity contribution is -0.149. The zero-order valence-electron chi connectivity index (χ0n) is 18.2. The number of hydrogen-bond donors (Lipinski definition) is 0. The third-order valence-electron chi connectivity index (χ3n) is 5.76. The van der Waals surface area contributed by atoms with E-state index in [4.69, 9.17) is 9.47 Å². The molecule has 0 saturated carbocycles. The van der Waals surface area contributed by atoms with Gasteiger partial charge in [-0.2, -0.15) is 0 Å². The fourth-order valence-electron chi connectivity index (χ4n) is 4.20. The maximum Gasteiger partial charge on any atom is 0.310 e. The molecule has 164 valence electrons. The van der Waals surface area contributed by atoms with E-state index in [1.165, 1.54) is 4.88 Å². The third kappa shape index (κ3) is 4.46. The highest BCUT2D eigenvalue weighted by atomic mass is 32.1. The number of esters is 1. The summed E-state index contributed by atoms with van der Waals surface area (Å²) in [5.41, 5.74) is 2.83. The number of carbonyl (C=O) groups excluding carboxylic acids is 2. The molecular weight excluding hydrogens is 412 g/mol. The lowest BCUT2D eigenvalue weighted by atomic mass is 9.98. The molecule has 0 unspecified atom stereocenters. The Bertz CT molecular complexity index is 1080. The van der Waals surface area contributed by atoms with Gasteiger partial charge in [0.05, 0.1) is 29.9 Å². The van der Waals surface area contributed by atoms with Crippen LogP contribution in [-0.2, 0) is 16.1 Å². The standard InChI is InChI=1S/C24H28N2O4S/c1-4-30-24(28)18-6-5-11-25(15-18)23(27)21-13-22-20(12-16(2)31-22)26(21)14-17-7-9-19(29-3)10-8-17/h7-10,12-13,18H,4-6,11,14-15H2,1-3H3/t18-/m1/s1. The number of amides is 1. The lowest BCUT2D eigenvalue weighted by Crippen LogP contribution is -2.43. The number of hydrogen-bond acceptors (Lipinski definition) is 5. The van der Waals surface area contributed by atoms with Gasteiger partial charge in [-0.25, -0.2) is 0 Å². The van der Waals surface area contributed by atoms with Gasteiger partial charge in [-0.15, -0.1) is 11.3 Å². The number of aryl methyl sites for hydroxylation is 1. The van der Waals surface area contributed by atoms with Crippen LogP contribution >= 0.6 is 11.3 Å². The number of rotatable bonds is 6. The average Bonchev–Trinajstić information content (AvgIpc) is 3.30. The summed E-state index contributed by atoms with van der Waals surface area (Å²) in [6.07, 6.45) is 1.58. The summed E-state index contributed by atoms with van der Waals surface area (Å²) < 4.78 is 13.7. The second-order valence-electron chi connectivity index (χ2n) is 7.91. The van der Waals surface area contributed by atoms with Crippen molar-refractivity contribution in [3.8, 4) is 5.75 Å². The minimum absolute atomic E-state index is 0.0245. The molecule has 0 radical (unpaired) electrons. The minimum Gasteiger partial charge on any atom is -0.497 e. The van der Waals surface area contributed by atoms with Gasteiger partial charge in [-0.3, -0.25) is 9.59 Å². The molecule has 0 N–H and O–H groups in total. The van der Waals surface area contributed by atoms with Gasteiger partial charge in [-0.1, -0.05) is 12.1 Å². The van der Waals surface area contributed by atoms with Crippen LogP contribution in [0.25, 0.3) is 10.2 Å². The molecule has 1 fully saturated rings.